The lowest BCUT2D eigenvalue weighted by Crippen LogP contribution is -2.38. The Balaban J connectivity index is 0.000000497. The van der Waals surface area contributed by atoms with Crippen LogP contribution in [0.1, 0.15) is 19.4 Å². The third kappa shape index (κ3) is 5.23. The van der Waals surface area contributed by atoms with Crippen LogP contribution in [0, 0.1) is 0 Å². The largest absolute Gasteiger partial charge is 0.307 e. The number of rotatable bonds is 3. The lowest BCUT2D eigenvalue weighted by atomic mass is 9.97. The van der Waals surface area contributed by atoms with Crippen molar-refractivity contribution in [2.24, 2.45) is 4.99 Å². The van der Waals surface area contributed by atoms with Gasteiger partial charge in [0, 0.05) is 29.1 Å². The predicted molar refractivity (Wildman–Crippen MR) is 193 cm³/mol. The van der Waals surface area contributed by atoms with Gasteiger partial charge in [-0.1, -0.05) is 140 Å². The number of aliphatic imine (C=N–C) groups is 1. The molecule has 0 saturated heterocycles. The quantitative estimate of drug-likeness (QED) is 0.190. The number of nitrogens with zero attached hydrogens (tertiary/aromatic N) is 3. The Bertz CT molecular complexity index is 2180. The van der Waals surface area contributed by atoms with Gasteiger partial charge in [0.15, 0.2) is 0 Å². The second kappa shape index (κ2) is 12.5. The van der Waals surface area contributed by atoms with Crippen molar-refractivity contribution in [3.05, 3.63) is 175 Å². The first-order valence-corrected chi connectivity index (χ1v) is 15.5. The molecule has 3 nitrogen and oxygen atoms in total. The van der Waals surface area contributed by atoms with Crippen LogP contribution in [0.5, 0.6) is 0 Å². The van der Waals surface area contributed by atoms with E-state index in [0.29, 0.717) is 0 Å². The molecular formula is C42H35N3. The lowest BCUT2D eigenvalue weighted by Gasteiger charge is -2.34. The van der Waals surface area contributed by atoms with Crippen LogP contribution in [-0.4, -0.2) is 22.0 Å². The minimum atomic E-state index is 0.770. The molecule has 0 N–H and O–H groups in total. The van der Waals surface area contributed by atoms with Crippen molar-refractivity contribution in [2.45, 2.75) is 13.8 Å². The molecule has 6 aromatic rings. The summed E-state index contributed by atoms with van der Waals surface area (Å²) in [5, 5.41) is 5.04. The van der Waals surface area contributed by atoms with E-state index < -0.39 is 0 Å². The molecule has 8 rings (SSSR count). The fourth-order valence-electron chi connectivity index (χ4n) is 6.25. The Labute approximate surface area is 264 Å². The van der Waals surface area contributed by atoms with Gasteiger partial charge in [-0.25, -0.2) is 4.99 Å². The third-order valence-electron chi connectivity index (χ3n) is 8.36. The summed E-state index contributed by atoms with van der Waals surface area (Å²) in [4.78, 5) is 7.48. The zero-order valence-corrected chi connectivity index (χ0v) is 25.6. The molecule has 0 saturated carbocycles. The van der Waals surface area contributed by atoms with Crippen molar-refractivity contribution in [1.29, 1.82) is 0 Å². The van der Waals surface area contributed by atoms with Gasteiger partial charge in [0.05, 0.1) is 16.7 Å². The highest BCUT2D eigenvalue weighted by atomic mass is 15.3. The zero-order chi connectivity index (χ0) is 30.6. The van der Waals surface area contributed by atoms with Crippen LogP contribution in [0.15, 0.2) is 175 Å². The van der Waals surface area contributed by atoms with E-state index in [-0.39, 0.29) is 0 Å². The molecule has 45 heavy (non-hydrogen) atoms. The van der Waals surface area contributed by atoms with Crippen molar-refractivity contribution in [2.75, 3.05) is 6.54 Å². The normalized spacial score (nSPS) is 14.4. The van der Waals surface area contributed by atoms with E-state index >= 15 is 0 Å². The number of allylic oxidation sites excluding steroid dienone is 7. The van der Waals surface area contributed by atoms with Gasteiger partial charge in [-0.05, 0) is 59.5 Å². The van der Waals surface area contributed by atoms with Crippen LogP contribution in [0.2, 0.25) is 0 Å². The third-order valence-corrected chi connectivity index (χ3v) is 8.36. The number of benzene rings is 5. The molecule has 3 heterocycles. The monoisotopic (exact) mass is 581 g/mol. The van der Waals surface area contributed by atoms with Crippen LogP contribution in [0.4, 0.5) is 0 Å². The first-order chi connectivity index (χ1) is 22.3. The standard InChI is InChI=1S/C36H25N3.C6H10/c1-2-10-25(11-3-1)26-17-19-28(20-18-26)31-24-37-36(38-23-9-8-15-32(31)38)39-33-16-7-6-14-30(33)35-29-13-5-4-12-27(29)21-22-34(35)39;1-3-5-6-4-2/h1-22,24H,23H2;3-6H,1-2H3/b;5-3-,6-4-. The summed E-state index contributed by atoms with van der Waals surface area (Å²) < 4.78 is 2.33. The van der Waals surface area contributed by atoms with E-state index in [0.717, 1.165) is 23.6 Å². The highest BCUT2D eigenvalue weighted by Gasteiger charge is 2.28. The van der Waals surface area contributed by atoms with Gasteiger partial charge in [-0.3, -0.25) is 4.57 Å². The molecule has 0 spiro atoms. The minimum absolute atomic E-state index is 0.770. The molecule has 0 fully saturated rings. The molecule has 2 aliphatic rings. The van der Waals surface area contributed by atoms with Gasteiger partial charge in [0.2, 0.25) is 5.96 Å². The SMILES string of the molecule is C/C=C\C=C/C.C1=CCN2C(=C1)C(c1ccc(-c3ccccc3)cc1)=CN=C2n1c2ccccc2c2c3ccccc3ccc21. The second-order valence-electron chi connectivity index (χ2n) is 11.1. The molecule has 0 bridgehead atoms. The molecule has 0 atom stereocenters. The van der Waals surface area contributed by atoms with Crippen molar-refractivity contribution >= 4 is 44.1 Å². The van der Waals surface area contributed by atoms with Gasteiger partial charge in [0.25, 0.3) is 0 Å². The Kier molecular flexibility index (Phi) is 7.82. The molecule has 5 aromatic carbocycles. The Morgan fingerprint density at radius 3 is 2.07 bits per heavy atom. The molecule has 2 aliphatic heterocycles. The van der Waals surface area contributed by atoms with Crippen molar-refractivity contribution in [1.82, 2.24) is 9.47 Å². The maximum Gasteiger partial charge on any atom is 0.215 e. The topological polar surface area (TPSA) is 20.5 Å². The van der Waals surface area contributed by atoms with Gasteiger partial charge < -0.3 is 4.90 Å². The highest BCUT2D eigenvalue weighted by Crippen LogP contribution is 2.38. The summed E-state index contributed by atoms with van der Waals surface area (Å²) in [6, 6.07) is 41.1. The van der Waals surface area contributed by atoms with Crippen LogP contribution < -0.4 is 0 Å². The second-order valence-corrected chi connectivity index (χ2v) is 11.1. The average Bonchev–Trinajstić information content (AvgIpc) is 3.46. The van der Waals surface area contributed by atoms with E-state index in [1.807, 2.05) is 44.4 Å². The summed E-state index contributed by atoms with van der Waals surface area (Å²) in [5.74, 6) is 0.928. The van der Waals surface area contributed by atoms with Gasteiger partial charge in [-0.2, -0.15) is 0 Å². The van der Waals surface area contributed by atoms with Crippen LogP contribution in [-0.2, 0) is 0 Å². The Morgan fingerprint density at radius 1 is 0.622 bits per heavy atom. The first-order valence-electron chi connectivity index (χ1n) is 15.5. The van der Waals surface area contributed by atoms with Crippen molar-refractivity contribution in [3.8, 4) is 11.1 Å². The first kappa shape index (κ1) is 28.1. The summed E-state index contributed by atoms with van der Waals surface area (Å²) in [6.07, 6.45) is 16.6. The van der Waals surface area contributed by atoms with E-state index in [1.54, 1.807) is 0 Å². The summed E-state index contributed by atoms with van der Waals surface area (Å²) in [6.45, 7) is 4.77. The van der Waals surface area contributed by atoms with Crippen LogP contribution in [0.25, 0.3) is 49.3 Å². The Hall–Kier alpha value is -5.67. The fraction of sp³-hybridized carbons (Fsp3) is 0.0714. The Morgan fingerprint density at radius 2 is 1.29 bits per heavy atom. The van der Waals surface area contributed by atoms with Crippen LogP contribution >= 0.6 is 0 Å². The van der Waals surface area contributed by atoms with Gasteiger partial charge in [-0.15, -0.1) is 0 Å². The van der Waals surface area contributed by atoms with E-state index in [9.17, 15) is 0 Å². The minimum Gasteiger partial charge on any atom is -0.307 e. The van der Waals surface area contributed by atoms with Crippen molar-refractivity contribution in [3.63, 3.8) is 0 Å². The van der Waals surface area contributed by atoms with Gasteiger partial charge in [0.1, 0.15) is 0 Å². The maximum absolute atomic E-state index is 5.14. The average molecular weight is 582 g/mol. The maximum atomic E-state index is 5.14. The van der Waals surface area contributed by atoms with Gasteiger partial charge >= 0.3 is 0 Å². The molecule has 0 unspecified atom stereocenters. The van der Waals surface area contributed by atoms with E-state index in [2.05, 4.69) is 143 Å². The lowest BCUT2D eigenvalue weighted by molar-refractivity contribution is 0.562. The summed E-state index contributed by atoms with van der Waals surface area (Å²) in [7, 11) is 0. The smallest absolute Gasteiger partial charge is 0.215 e. The highest BCUT2D eigenvalue weighted by molar-refractivity contribution is 6.23. The van der Waals surface area contributed by atoms with Crippen molar-refractivity contribution < 1.29 is 0 Å². The molecule has 0 radical (unpaired) electrons. The molecule has 3 heteroatoms. The summed E-state index contributed by atoms with van der Waals surface area (Å²) in [5.41, 5.74) is 8.24. The molecular weight excluding hydrogens is 546 g/mol. The number of aromatic nitrogens is 1. The van der Waals surface area contributed by atoms with E-state index in [4.69, 9.17) is 4.99 Å². The number of para-hydroxylation sites is 1. The summed E-state index contributed by atoms with van der Waals surface area (Å²) >= 11 is 0. The predicted octanol–water partition coefficient (Wildman–Crippen LogP) is 10.8. The number of hydrogen-bond acceptors (Lipinski definition) is 2. The number of fused-ring (bicyclic) bond motifs is 6. The number of hydrogen-bond donors (Lipinski definition) is 0. The molecule has 0 amide bonds. The molecule has 0 aliphatic carbocycles. The fourth-order valence-corrected chi connectivity index (χ4v) is 6.25. The molecule has 218 valence electrons. The van der Waals surface area contributed by atoms with E-state index in [1.165, 1.54) is 49.4 Å². The van der Waals surface area contributed by atoms with Crippen LogP contribution in [0.3, 0.4) is 0 Å². The molecule has 1 aromatic heterocycles. The zero-order valence-electron chi connectivity index (χ0n) is 25.6.